The van der Waals surface area contributed by atoms with E-state index in [0.29, 0.717) is 28.9 Å². The molecule has 130 valence electrons. The predicted octanol–water partition coefficient (Wildman–Crippen LogP) is 4.46. The van der Waals surface area contributed by atoms with E-state index in [2.05, 4.69) is 30.2 Å². The molecule has 0 aliphatic heterocycles. The Bertz CT molecular complexity index is 809. The van der Waals surface area contributed by atoms with E-state index < -0.39 is 5.97 Å². The lowest BCUT2D eigenvalue weighted by Gasteiger charge is -2.11. The van der Waals surface area contributed by atoms with E-state index in [0.717, 1.165) is 18.5 Å². The molecule has 0 radical (unpaired) electrons. The standard InChI is InChI=1S/C20H23N3O2/c1-4-5-6-7-8-17-18(20(24)25)19(14(2)3)23(22-17)16-11-9-15(13-21)10-12-16/h5-6,9-12,14H,4,7-8H2,1-3H3,(H,24,25). The lowest BCUT2D eigenvalue weighted by molar-refractivity contribution is 0.0694. The average Bonchev–Trinajstić information content (AvgIpc) is 2.99. The maximum absolute atomic E-state index is 11.9. The minimum absolute atomic E-state index is 0.00850. The first-order valence-electron chi connectivity index (χ1n) is 8.50. The summed E-state index contributed by atoms with van der Waals surface area (Å²) in [6.45, 7) is 5.99. The van der Waals surface area contributed by atoms with Crippen molar-refractivity contribution < 1.29 is 9.90 Å². The van der Waals surface area contributed by atoms with Crippen molar-refractivity contribution in [3.05, 3.63) is 58.9 Å². The number of hydrogen-bond donors (Lipinski definition) is 1. The zero-order valence-corrected chi connectivity index (χ0v) is 14.9. The van der Waals surface area contributed by atoms with Gasteiger partial charge >= 0.3 is 5.97 Å². The number of carbonyl (C=O) groups is 1. The zero-order chi connectivity index (χ0) is 18.4. The monoisotopic (exact) mass is 337 g/mol. The van der Waals surface area contributed by atoms with Gasteiger partial charge in [-0.2, -0.15) is 10.4 Å². The summed E-state index contributed by atoms with van der Waals surface area (Å²) in [5, 5.41) is 23.3. The number of carboxylic acids is 1. The number of rotatable bonds is 7. The highest BCUT2D eigenvalue weighted by Gasteiger charge is 2.25. The van der Waals surface area contributed by atoms with Gasteiger partial charge in [-0.3, -0.25) is 0 Å². The smallest absolute Gasteiger partial charge is 0.339 e. The number of hydrogen-bond acceptors (Lipinski definition) is 3. The van der Waals surface area contributed by atoms with Crippen molar-refractivity contribution in [1.29, 1.82) is 5.26 Å². The van der Waals surface area contributed by atoms with E-state index in [-0.39, 0.29) is 5.92 Å². The van der Waals surface area contributed by atoms with Gasteiger partial charge < -0.3 is 5.11 Å². The maximum atomic E-state index is 11.9. The number of carboxylic acid groups (broad SMARTS) is 1. The van der Waals surface area contributed by atoms with E-state index >= 15 is 0 Å². The number of nitrogens with zero attached hydrogens (tertiary/aromatic N) is 3. The second-order valence-electron chi connectivity index (χ2n) is 6.16. The first-order valence-corrected chi connectivity index (χ1v) is 8.50. The molecular weight excluding hydrogens is 314 g/mol. The minimum Gasteiger partial charge on any atom is -0.478 e. The molecule has 0 atom stereocenters. The molecule has 1 aromatic carbocycles. The molecule has 5 nitrogen and oxygen atoms in total. The van der Waals surface area contributed by atoms with Crippen molar-refractivity contribution in [3.63, 3.8) is 0 Å². The summed E-state index contributed by atoms with van der Waals surface area (Å²) in [4.78, 5) is 11.9. The second-order valence-corrected chi connectivity index (χ2v) is 6.16. The van der Waals surface area contributed by atoms with Crippen molar-refractivity contribution in [2.45, 2.75) is 46.0 Å². The first-order chi connectivity index (χ1) is 12.0. The molecule has 0 saturated carbocycles. The molecule has 0 amide bonds. The van der Waals surface area contributed by atoms with Gasteiger partial charge in [0, 0.05) is 0 Å². The van der Waals surface area contributed by atoms with Crippen molar-refractivity contribution in [2.24, 2.45) is 0 Å². The lowest BCUT2D eigenvalue weighted by Crippen LogP contribution is -2.08. The van der Waals surface area contributed by atoms with Gasteiger partial charge in [0.1, 0.15) is 5.56 Å². The third-order valence-electron chi connectivity index (χ3n) is 3.95. The predicted molar refractivity (Wildman–Crippen MR) is 97.1 cm³/mol. The normalized spacial score (nSPS) is 11.2. The average molecular weight is 337 g/mol. The molecular formula is C20H23N3O2. The topological polar surface area (TPSA) is 78.9 Å². The fourth-order valence-corrected chi connectivity index (χ4v) is 2.80. The number of aromatic nitrogens is 2. The summed E-state index contributed by atoms with van der Waals surface area (Å²) in [5.74, 6) is -0.938. The van der Waals surface area contributed by atoms with E-state index in [1.807, 2.05) is 13.8 Å². The summed E-state index contributed by atoms with van der Waals surface area (Å²) in [7, 11) is 0. The van der Waals surface area contributed by atoms with Crippen LogP contribution in [0.4, 0.5) is 0 Å². The fourth-order valence-electron chi connectivity index (χ4n) is 2.80. The van der Waals surface area contributed by atoms with E-state index in [1.165, 1.54) is 0 Å². The third kappa shape index (κ3) is 4.16. The van der Waals surface area contributed by atoms with Crippen LogP contribution in [0.2, 0.25) is 0 Å². The Morgan fingerprint density at radius 1 is 1.32 bits per heavy atom. The summed E-state index contributed by atoms with van der Waals surface area (Å²) >= 11 is 0. The molecule has 1 heterocycles. The Hall–Kier alpha value is -2.87. The Balaban J connectivity index is 2.52. The van der Waals surface area contributed by atoms with Crippen LogP contribution in [0.15, 0.2) is 36.4 Å². The summed E-state index contributed by atoms with van der Waals surface area (Å²) in [6, 6.07) is 9.10. The second kappa shape index (κ2) is 8.29. The lowest BCUT2D eigenvalue weighted by atomic mass is 10.0. The van der Waals surface area contributed by atoms with Crippen LogP contribution in [0.5, 0.6) is 0 Å². The summed E-state index contributed by atoms with van der Waals surface area (Å²) in [5.41, 5.74) is 2.91. The highest BCUT2D eigenvalue weighted by molar-refractivity contribution is 5.90. The fraction of sp³-hybridized carbons (Fsp3) is 0.350. The molecule has 2 aromatic rings. The molecule has 0 bridgehead atoms. The van der Waals surface area contributed by atoms with Gasteiger partial charge in [0.2, 0.25) is 0 Å². The minimum atomic E-state index is -0.946. The summed E-state index contributed by atoms with van der Waals surface area (Å²) < 4.78 is 1.70. The molecule has 0 aliphatic carbocycles. The largest absolute Gasteiger partial charge is 0.478 e. The van der Waals surface area contributed by atoms with Crippen LogP contribution in [0.1, 0.15) is 66.8 Å². The molecule has 1 aromatic heterocycles. The van der Waals surface area contributed by atoms with Gasteiger partial charge in [0.25, 0.3) is 0 Å². The highest BCUT2D eigenvalue weighted by atomic mass is 16.4. The SMILES string of the molecule is CCC=CCCc1nn(-c2ccc(C#N)cc2)c(C(C)C)c1C(=O)O. The number of aryl methyl sites for hydroxylation is 1. The molecule has 0 saturated heterocycles. The Morgan fingerprint density at radius 2 is 2.00 bits per heavy atom. The molecule has 0 aliphatic rings. The Morgan fingerprint density at radius 3 is 2.52 bits per heavy atom. The number of allylic oxidation sites excluding steroid dienone is 2. The van der Waals surface area contributed by atoms with Gasteiger partial charge in [-0.25, -0.2) is 9.48 Å². The van der Waals surface area contributed by atoms with E-state index in [9.17, 15) is 9.90 Å². The van der Waals surface area contributed by atoms with Crippen LogP contribution < -0.4 is 0 Å². The molecule has 25 heavy (non-hydrogen) atoms. The van der Waals surface area contributed by atoms with Gasteiger partial charge in [-0.15, -0.1) is 0 Å². The van der Waals surface area contributed by atoms with Crippen molar-refractivity contribution >= 4 is 5.97 Å². The van der Waals surface area contributed by atoms with E-state index in [1.54, 1.807) is 28.9 Å². The Kier molecular flexibility index (Phi) is 6.13. The highest BCUT2D eigenvalue weighted by Crippen LogP contribution is 2.27. The number of benzene rings is 1. The van der Waals surface area contributed by atoms with Crippen LogP contribution >= 0.6 is 0 Å². The quantitative estimate of drug-likeness (QED) is 0.756. The number of nitriles is 1. The van der Waals surface area contributed by atoms with Crippen LogP contribution in [0.3, 0.4) is 0 Å². The van der Waals surface area contributed by atoms with Crippen molar-refractivity contribution in [3.8, 4) is 11.8 Å². The van der Waals surface area contributed by atoms with Crippen LogP contribution in [-0.2, 0) is 6.42 Å². The van der Waals surface area contributed by atoms with Crippen molar-refractivity contribution in [2.75, 3.05) is 0 Å². The van der Waals surface area contributed by atoms with Crippen LogP contribution in [0, 0.1) is 11.3 Å². The molecule has 2 rings (SSSR count). The third-order valence-corrected chi connectivity index (χ3v) is 3.95. The molecule has 1 N–H and O–H groups in total. The van der Waals surface area contributed by atoms with E-state index in [4.69, 9.17) is 5.26 Å². The molecule has 0 unspecified atom stereocenters. The molecule has 0 fully saturated rings. The Labute approximate surface area is 148 Å². The first kappa shape index (κ1) is 18.5. The zero-order valence-electron chi connectivity index (χ0n) is 14.9. The van der Waals surface area contributed by atoms with Crippen LogP contribution in [-0.4, -0.2) is 20.9 Å². The van der Waals surface area contributed by atoms with Gasteiger partial charge in [-0.05, 0) is 49.4 Å². The van der Waals surface area contributed by atoms with Crippen molar-refractivity contribution in [1.82, 2.24) is 9.78 Å². The molecule has 0 spiro atoms. The molecule has 5 heteroatoms. The van der Waals surface area contributed by atoms with Gasteiger partial charge in [0.05, 0.1) is 28.7 Å². The number of aromatic carboxylic acids is 1. The summed E-state index contributed by atoms with van der Waals surface area (Å²) in [6.07, 6.45) is 6.43. The van der Waals surface area contributed by atoms with Crippen LogP contribution in [0.25, 0.3) is 5.69 Å². The van der Waals surface area contributed by atoms with Gasteiger partial charge in [0.15, 0.2) is 0 Å². The maximum Gasteiger partial charge on any atom is 0.339 e. The van der Waals surface area contributed by atoms with Gasteiger partial charge in [-0.1, -0.05) is 32.9 Å².